The summed E-state index contributed by atoms with van der Waals surface area (Å²) < 4.78 is 22.0. The van der Waals surface area contributed by atoms with Crippen LogP contribution in [-0.4, -0.2) is 87.6 Å². The number of methoxy groups -OCH3 is 3. The van der Waals surface area contributed by atoms with E-state index in [1.807, 2.05) is 17.0 Å². The van der Waals surface area contributed by atoms with Gasteiger partial charge in [0.25, 0.3) is 0 Å². The molecule has 0 bridgehead atoms. The zero-order valence-electron chi connectivity index (χ0n) is 19.0. The first kappa shape index (κ1) is 23.4. The number of morpholine rings is 1. The molecule has 2 aliphatic rings. The van der Waals surface area contributed by atoms with E-state index in [1.165, 1.54) is 0 Å². The highest BCUT2D eigenvalue weighted by atomic mass is 32.1. The number of benzene rings is 1. The molecule has 31 heavy (non-hydrogen) atoms. The van der Waals surface area contributed by atoms with Gasteiger partial charge in [-0.15, -0.1) is 0 Å². The van der Waals surface area contributed by atoms with Crippen LogP contribution in [0.4, 0.5) is 0 Å². The largest absolute Gasteiger partial charge is 0.493 e. The van der Waals surface area contributed by atoms with Crippen LogP contribution in [-0.2, 0) is 9.53 Å². The lowest BCUT2D eigenvalue weighted by atomic mass is 9.87. The predicted molar refractivity (Wildman–Crippen MR) is 122 cm³/mol. The van der Waals surface area contributed by atoms with E-state index in [9.17, 15) is 4.79 Å². The van der Waals surface area contributed by atoms with Gasteiger partial charge in [-0.1, -0.05) is 0 Å². The van der Waals surface area contributed by atoms with Crippen LogP contribution in [0.2, 0.25) is 0 Å². The number of amides is 1. The van der Waals surface area contributed by atoms with Gasteiger partial charge in [-0.25, -0.2) is 0 Å². The molecule has 0 radical (unpaired) electrons. The quantitative estimate of drug-likeness (QED) is 0.658. The number of hydrogen-bond acceptors (Lipinski definition) is 6. The molecule has 1 amide bonds. The average molecular weight is 452 g/mol. The Labute approximate surface area is 189 Å². The number of likely N-dealkylation sites (tertiary alicyclic amines) is 1. The van der Waals surface area contributed by atoms with Crippen molar-refractivity contribution >= 4 is 23.2 Å². The maximum Gasteiger partial charge on any atom is 0.228 e. The average Bonchev–Trinajstić information content (AvgIpc) is 3.23. The molecule has 0 aromatic heterocycles. The molecule has 0 saturated carbocycles. The van der Waals surface area contributed by atoms with Crippen LogP contribution in [0.3, 0.4) is 0 Å². The molecule has 0 aliphatic carbocycles. The van der Waals surface area contributed by atoms with Gasteiger partial charge in [0.1, 0.15) is 0 Å². The normalized spacial score (nSPS) is 21.2. The molecule has 1 aromatic rings. The summed E-state index contributed by atoms with van der Waals surface area (Å²) in [5.41, 5.74) is 0.968. The SMILES string of the molecule is COc1cc(C2CN(C(=S)NC(C)C)CC2C(=O)N2CCOCC2)cc(OC)c1OC. The molecule has 2 saturated heterocycles. The summed E-state index contributed by atoms with van der Waals surface area (Å²) in [5.74, 6) is 1.55. The van der Waals surface area contributed by atoms with Crippen molar-refractivity contribution in [3.8, 4) is 17.2 Å². The summed E-state index contributed by atoms with van der Waals surface area (Å²) in [5, 5.41) is 3.97. The minimum Gasteiger partial charge on any atom is -0.493 e. The smallest absolute Gasteiger partial charge is 0.228 e. The third-order valence-electron chi connectivity index (χ3n) is 5.77. The first-order valence-electron chi connectivity index (χ1n) is 10.6. The van der Waals surface area contributed by atoms with Gasteiger partial charge >= 0.3 is 0 Å². The number of thiocarbonyl (C=S) groups is 1. The van der Waals surface area contributed by atoms with Crippen molar-refractivity contribution in [3.05, 3.63) is 17.7 Å². The molecule has 3 rings (SSSR count). The Morgan fingerprint density at radius 3 is 2.19 bits per heavy atom. The number of carbonyl (C=O) groups excluding carboxylic acids is 1. The summed E-state index contributed by atoms with van der Waals surface area (Å²) in [6, 6.07) is 4.10. The predicted octanol–water partition coefficient (Wildman–Crippen LogP) is 1.87. The van der Waals surface area contributed by atoms with Gasteiger partial charge in [0.2, 0.25) is 11.7 Å². The van der Waals surface area contributed by atoms with Gasteiger partial charge in [0.15, 0.2) is 16.6 Å². The van der Waals surface area contributed by atoms with Crippen molar-refractivity contribution in [1.29, 1.82) is 0 Å². The lowest BCUT2D eigenvalue weighted by Gasteiger charge is -2.31. The minimum absolute atomic E-state index is 0.0593. The molecule has 8 nitrogen and oxygen atoms in total. The summed E-state index contributed by atoms with van der Waals surface area (Å²) in [7, 11) is 4.78. The van der Waals surface area contributed by atoms with Gasteiger partial charge in [-0.05, 0) is 43.8 Å². The molecule has 0 spiro atoms. The molecular weight excluding hydrogens is 418 g/mol. The molecule has 1 aromatic carbocycles. The standard InChI is InChI=1S/C22H33N3O5S/c1-14(2)23-22(31)25-12-16(17(13-25)21(26)24-6-8-30-9-7-24)15-10-18(27-3)20(29-5)19(11-15)28-4/h10-11,14,16-17H,6-9,12-13H2,1-5H3,(H,23,31). The third-order valence-corrected chi connectivity index (χ3v) is 6.15. The van der Waals surface area contributed by atoms with Crippen LogP contribution in [0, 0.1) is 5.92 Å². The van der Waals surface area contributed by atoms with Crippen molar-refractivity contribution in [3.63, 3.8) is 0 Å². The maximum atomic E-state index is 13.5. The second-order valence-electron chi connectivity index (χ2n) is 8.12. The van der Waals surface area contributed by atoms with Crippen LogP contribution >= 0.6 is 12.2 Å². The molecule has 172 valence electrons. The fourth-order valence-electron chi connectivity index (χ4n) is 4.23. The summed E-state index contributed by atoms with van der Waals surface area (Å²) in [6.45, 7) is 7.69. The molecule has 2 heterocycles. The summed E-state index contributed by atoms with van der Waals surface area (Å²) in [4.78, 5) is 17.5. The Kier molecular flexibility index (Phi) is 7.83. The minimum atomic E-state index is -0.229. The van der Waals surface area contributed by atoms with E-state index in [2.05, 4.69) is 24.1 Å². The third kappa shape index (κ3) is 5.15. The Bertz CT molecular complexity index is 772. The summed E-state index contributed by atoms with van der Waals surface area (Å²) in [6.07, 6.45) is 0. The topological polar surface area (TPSA) is 72.5 Å². The van der Waals surface area contributed by atoms with Crippen LogP contribution < -0.4 is 19.5 Å². The molecule has 2 unspecified atom stereocenters. The Balaban J connectivity index is 1.95. The maximum absolute atomic E-state index is 13.5. The molecule has 1 N–H and O–H groups in total. The zero-order valence-corrected chi connectivity index (χ0v) is 19.8. The summed E-state index contributed by atoms with van der Waals surface area (Å²) >= 11 is 5.63. The first-order valence-corrected chi connectivity index (χ1v) is 11.0. The molecule has 2 fully saturated rings. The van der Waals surface area contributed by atoms with Crippen LogP contribution in [0.15, 0.2) is 12.1 Å². The highest BCUT2D eigenvalue weighted by Gasteiger charge is 2.42. The number of hydrogen-bond donors (Lipinski definition) is 1. The van der Waals surface area contributed by atoms with Crippen LogP contribution in [0.25, 0.3) is 0 Å². The van der Waals surface area contributed by atoms with E-state index >= 15 is 0 Å². The lowest BCUT2D eigenvalue weighted by Crippen LogP contribution is -2.46. The zero-order chi connectivity index (χ0) is 22.5. The molecule has 2 atom stereocenters. The number of rotatable bonds is 6. The Hall–Kier alpha value is -2.26. The van der Waals surface area contributed by atoms with Crippen molar-refractivity contribution < 1.29 is 23.7 Å². The monoisotopic (exact) mass is 451 g/mol. The van der Waals surface area contributed by atoms with Gasteiger partial charge in [-0.2, -0.15) is 0 Å². The molecule has 2 aliphatic heterocycles. The lowest BCUT2D eigenvalue weighted by molar-refractivity contribution is -0.139. The number of nitrogens with zero attached hydrogens (tertiary/aromatic N) is 2. The number of nitrogens with one attached hydrogen (secondary N) is 1. The van der Waals surface area contributed by atoms with Crippen molar-refractivity contribution in [2.75, 3.05) is 60.7 Å². The molecular formula is C22H33N3O5S. The Morgan fingerprint density at radius 2 is 1.68 bits per heavy atom. The van der Waals surface area contributed by atoms with Crippen LogP contribution in [0.5, 0.6) is 17.2 Å². The second kappa shape index (κ2) is 10.4. The van der Waals surface area contributed by atoms with Crippen molar-refractivity contribution in [2.24, 2.45) is 5.92 Å². The van der Waals surface area contributed by atoms with Crippen molar-refractivity contribution in [1.82, 2.24) is 15.1 Å². The van der Waals surface area contributed by atoms with Crippen molar-refractivity contribution in [2.45, 2.75) is 25.8 Å². The fraction of sp³-hybridized carbons (Fsp3) is 0.636. The second-order valence-corrected chi connectivity index (χ2v) is 8.51. The Morgan fingerprint density at radius 1 is 1.06 bits per heavy atom. The van der Waals surface area contributed by atoms with Gasteiger partial charge in [0, 0.05) is 38.1 Å². The highest BCUT2D eigenvalue weighted by molar-refractivity contribution is 7.80. The van der Waals surface area contributed by atoms with E-state index in [4.69, 9.17) is 31.2 Å². The first-order chi connectivity index (χ1) is 14.9. The van der Waals surface area contributed by atoms with E-state index in [0.717, 1.165) is 5.56 Å². The van der Waals surface area contributed by atoms with Gasteiger partial charge in [-0.3, -0.25) is 4.79 Å². The van der Waals surface area contributed by atoms with E-state index in [-0.39, 0.29) is 23.8 Å². The van der Waals surface area contributed by atoms with E-state index in [1.54, 1.807) is 21.3 Å². The van der Waals surface area contributed by atoms with E-state index in [0.29, 0.717) is 61.8 Å². The fourth-order valence-corrected chi connectivity index (χ4v) is 4.61. The van der Waals surface area contributed by atoms with Gasteiger partial charge in [0.05, 0.1) is 40.5 Å². The van der Waals surface area contributed by atoms with E-state index < -0.39 is 0 Å². The van der Waals surface area contributed by atoms with Crippen LogP contribution in [0.1, 0.15) is 25.3 Å². The highest BCUT2D eigenvalue weighted by Crippen LogP contribution is 2.43. The number of carbonyl (C=O) groups is 1. The molecule has 9 heteroatoms. The van der Waals surface area contributed by atoms with Gasteiger partial charge < -0.3 is 34.1 Å². The number of ether oxygens (including phenoxy) is 4.